The Morgan fingerprint density at radius 3 is 2.86 bits per heavy atom. The molecule has 1 aromatic heterocycles. The van der Waals surface area contributed by atoms with Crippen LogP contribution in [0, 0.1) is 5.92 Å². The molecule has 1 aliphatic rings. The highest BCUT2D eigenvalue weighted by Gasteiger charge is 2.30. The Labute approximate surface area is 128 Å². The van der Waals surface area contributed by atoms with Crippen LogP contribution < -0.4 is 4.72 Å². The van der Waals surface area contributed by atoms with E-state index >= 15 is 0 Å². The average Bonchev–Trinajstić information content (AvgIpc) is 3.05. The van der Waals surface area contributed by atoms with Gasteiger partial charge in [0, 0.05) is 32.3 Å². The maximum absolute atomic E-state index is 12.1. The number of carboxylic acids is 1. The molecule has 0 saturated carbocycles. The van der Waals surface area contributed by atoms with E-state index in [2.05, 4.69) is 9.71 Å². The average molecular weight is 329 g/mol. The number of nitrogens with one attached hydrogen (secondary N) is 2. The molecule has 0 aromatic carbocycles. The molecule has 0 bridgehead atoms. The summed E-state index contributed by atoms with van der Waals surface area (Å²) in [5, 5.41) is 8.79. The number of aromatic carboxylic acids is 1. The molecule has 122 valence electrons. The van der Waals surface area contributed by atoms with Crippen molar-refractivity contribution in [3.8, 4) is 0 Å². The van der Waals surface area contributed by atoms with Crippen LogP contribution in [0.15, 0.2) is 17.2 Å². The molecule has 22 heavy (non-hydrogen) atoms. The van der Waals surface area contributed by atoms with Crippen LogP contribution >= 0.6 is 0 Å². The molecule has 0 aliphatic carbocycles. The van der Waals surface area contributed by atoms with Crippen molar-refractivity contribution >= 4 is 21.9 Å². The molecule has 1 amide bonds. The molecule has 2 heterocycles. The lowest BCUT2D eigenvalue weighted by molar-refractivity contribution is -0.127. The minimum atomic E-state index is -3.78. The predicted molar refractivity (Wildman–Crippen MR) is 77.9 cm³/mol. The topological polar surface area (TPSA) is 120 Å². The van der Waals surface area contributed by atoms with Crippen LogP contribution in [0.3, 0.4) is 0 Å². The Kier molecular flexibility index (Phi) is 4.87. The van der Waals surface area contributed by atoms with Crippen LogP contribution in [-0.2, 0) is 14.8 Å². The van der Waals surface area contributed by atoms with Crippen LogP contribution in [0.4, 0.5) is 0 Å². The van der Waals surface area contributed by atoms with E-state index in [1.807, 2.05) is 6.92 Å². The quantitative estimate of drug-likeness (QED) is 0.662. The van der Waals surface area contributed by atoms with Gasteiger partial charge in [0.1, 0.15) is 10.6 Å². The Morgan fingerprint density at radius 1 is 1.55 bits per heavy atom. The van der Waals surface area contributed by atoms with E-state index in [1.165, 1.54) is 0 Å². The van der Waals surface area contributed by atoms with Gasteiger partial charge in [-0.25, -0.2) is 17.9 Å². The molecule has 0 spiro atoms. The molecule has 9 heteroatoms. The van der Waals surface area contributed by atoms with Crippen LogP contribution in [0.2, 0.25) is 0 Å². The summed E-state index contributed by atoms with van der Waals surface area (Å²) in [7, 11) is -3.78. The van der Waals surface area contributed by atoms with Crippen molar-refractivity contribution in [3.63, 3.8) is 0 Å². The van der Waals surface area contributed by atoms with E-state index in [9.17, 15) is 18.0 Å². The molecule has 8 nitrogen and oxygen atoms in total. The van der Waals surface area contributed by atoms with Crippen molar-refractivity contribution in [3.05, 3.63) is 18.0 Å². The minimum absolute atomic E-state index is 0.0425. The zero-order chi connectivity index (χ0) is 16.3. The van der Waals surface area contributed by atoms with Crippen molar-refractivity contribution in [1.82, 2.24) is 14.6 Å². The van der Waals surface area contributed by atoms with Gasteiger partial charge in [0.25, 0.3) is 0 Å². The van der Waals surface area contributed by atoms with Gasteiger partial charge in [-0.2, -0.15) is 0 Å². The number of hydrogen-bond acceptors (Lipinski definition) is 4. The second-order valence-corrected chi connectivity index (χ2v) is 7.08. The molecular formula is C13H19N3O5S. The van der Waals surface area contributed by atoms with Gasteiger partial charge in [-0.15, -0.1) is 0 Å². The molecular weight excluding hydrogens is 310 g/mol. The molecule has 3 N–H and O–H groups in total. The molecule has 1 unspecified atom stereocenters. The summed E-state index contributed by atoms with van der Waals surface area (Å²) < 4.78 is 26.6. The summed E-state index contributed by atoms with van der Waals surface area (Å²) in [5.74, 6) is -1.24. The Hall–Kier alpha value is -1.87. The highest BCUT2D eigenvalue weighted by atomic mass is 32.2. The van der Waals surface area contributed by atoms with Crippen molar-refractivity contribution < 1.29 is 23.1 Å². The Balaban J connectivity index is 1.95. The van der Waals surface area contributed by atoms with Gasteiger partial charge in [-0.05, 0) is 18.4 Å². The molecule has 1 aliphatic heterocycles. The first-order valence-corrected chi connectivity index (χ1v) is 8.51. The fourth-order valence-corrected chi connectivity index (χ4v) is 3.55. The van der Waals surface area contributed by atoms with Crippen molar-refractivity contribution in [2.45, 2.75) is 24.7 Å². The van der Waals surface area contributed by atoms with Gasteiger partial charge in [0.05, 0.1) is 0 Å². The van der Waals surface area contributed by atoms with Gasteiger partial charge in [0.15, 0.2) is 0 Å². The third kappa shape index (κ3) is 3.66. The van der Waals surface area contributed by atoms with E-state index in [0.29, 0.717) is 19.5 Å². The Morgan fingerprint density at radius 2 is 2.27 bits per heavy atom. The maximum atomic E-state index is 12.1. The molecule has 1 fully saturated rings. The number of carbonyl (C=O) groups is 2. The number of aromatic nitrogens is 1. The van der Waals surface area contributed by atoms with Crippen molar-refractivity contribution in [2.24, 2.45) is 5.92 Å². The van der Waals surface area contributed by atoms with Crippen LogP contribution in [0.25, 0.3) is 0 Å². The largest absolute Gasteiger partial charge is 0.477 e. The van der Waals surface area contributed by atoms with Gasteiger partial charge in [0.2, 0.25) is 15.9 Å². The fraction of sp³-hybridized carbons (Fsp3) is 0.538. The standard InChI is InChI=1S/C13H19N3O5S/c1-2-3-16-8-9(4-12(16)17)6-15-22(20,21)10-5-11(13(18)19)14-7-10/h5,7,9,14-15H,2-4,6,8H2,1H3,(H,18,19). The number of carbonyl (C=O) groups excluding carboxylic acids is 1. The van der Waals surface area contributed by atoms with Crippen molar-refractivity contribution in [1.29, 1.82) is 0 Å². The first-order valence-electron chi connectivity index (χ1n) is 7.02. The lowest BCUT2D eigenvalue weighted by Crippen LogP contribution is -2.31. The number of likely N-dealkylation sites (tertiary alicyclic amines) is 1. The molecule has 1 atom stereocenters. The third-order valence-electron chi connectivity index (χ3n) is 3.55. The van der Waals surface area contributed by atoms with Crippen LogP contribution in [0.5, 0.6) is 0 Å². The summed E-state index contributed by atoms with van der Waals surface area (Å²) in [6.45, 7) is 3.36. The minimum Gasteiger partial charge on any atom is -0.477 e. The SMILES string of the molecule is CCCN1CC(CNS(=O)(=O)c2c[nH]c(C(=O)O)c2)CC1=O. The van der Waals surface area contributed by atoms with Crippen LogP contribution in [-0.4, -0.2) is 54.9 Å². The number of rotatable bonds is 7. The van der Waals surface area contributed by atoms with Gasteiger partial charge >= 0.3 is 5.97 Å². The van der Waals surface area contributed by atoms with Crippen molar-refractivity contribution in [2.75, 3.05) is 19.6 Å². The zero-order valence-electron chi connectivity index (χ0n) is 12.2. The normalized spacial score (nSPS) is 18.9. The Bertz CT molecular complexity index is 667. The van der Waals surface area contributed by atoms with E-state index in [1.54, 1.807) is 4.90 Å². The monoisotopic (exact) mass is 329 g/mol. The maximum Gasteiger partial charge on any atom is 0.352 e. The summed E-state index contributed by atoms with van der Waals surface area (Å²) in [5.41, 5.74) is -0.189. The number of carboxylic acid groups (broad SMARTS) is 1. The van der Waals surface area contributed by atoms with E-state index in [-0.39, 0.29) is 29.0 Å². The number of nitrogens with zero attached hydrogens (tertiary/aromatic N) is 1. The second kappa shape index (κ2) is 6.49. The number of amides is 1. The van der Waals surface area contributed by atoms with Gasteiger partial charge < -0.3 is 15.0 Å². The molecule has 0 radical (unpaired) electrons. The number of aromatic amines is 1. The first-order chi connectivity index (χ1) is 10.3. The lowest BCUT2D eigenvalue weighted by Gasteiger charge is -2.15. The summed E-state index contributed by atoms with van der Waals surface area (Å²) in [4.78, 5) is 26.5. The van der Waals surface area contributed by atoms with Gasteiger partial charge in [-0.3, -0.25) is 4.79 Å². The van der Waals surface area contributed by atoms with E-state index in [4.69, 9.17) is 5.11 Å². The number of sulfonamides is 1. The predicted octanol–water partition coefficient (Wildman–Crippen LogP) is 0.250. The second-order valence-electron chi connectivity index (χ2n) is 5.32. The van der Waals surface area contributed by atoms with E-state index in [0.717, 1.165) is 18.7 Å². The van der Waals surface area contributed by atoms with Crippen LogP contribution in [0.1, 0.15) is 30.3 Å². The molecule has 1 saturated heterocycles. The summed E-state index contributed by atoms with van der Waals surface area (Å²) in [6.07, 6.45) is 2.33. The summed E-state index contributed by atoms with van der Waals surface area (Å²) >= 11 is 0. The molecule has 2 rings (SSSR count). The summed E-state index contributed by atoms with van der Waals surface area (Å²) in [6, 6.07) is 1.06. The highest BCUT2D eigenvalue weighted by Crippen LogP contribution is 2.18. The zero-order valence-corrected chi connectivity index (χ0v) is 13.0. The fourth-order valence-electron chi connectivity index (χ4n) is 2.44. The smallest absolute Gasteiger partial charge is 0.352 e. The molecule has 1 aromatic rings. The lowest BCUT2D eigenvalue weighted by atomic mass is 10.1. The third-order valence-corrected chi connectivity index (χ3v) is 4.95. The highest BCUT2D eigenvalue weighted by molar-refractivity contribution is 7.89. The van der Waals surface area contributed by atoms with Gasteiger partial charge in [-0.1, -0.05) is 6.92 Å². The first kappa shape index (κ1) is 16.5. The van der Waals surface area contributed by atoms with E-state index < -0.39 is 16.0 Å². The number of hydrogen-bond donors (Lipinski definition) is 3. The number of H-pyrrole nitrogens is 1.